The number of nitrogens with one attached hydrogen (secondary N) is 1. The van der Waals surface area contributed by atoms with E-state index in [4.69, 9.17) is 14.6 Å². The summed E-state index contributed by atoms with van der Waals surface area (Å²) in [5, 5.41) is 11.7. The number of benzene rings is 1. The van der Waals surface area contributed by atoms with Gasteiger partial charge in [-0.15, -0.1) is 0 Å². The van der Waals surface area contributed by atoms with E-state index >= 15 is 0 Å². The second-order valence-electron chi connectivity index (χ2n) is 4.61. The third-order valence-corrected chi connectivity index (χ3v) is 3.06. The van der Waals surface area contributed by atoms with Gasteiger partial charge in [0.2, 0.25) is 0 Å². The first-order chi connectivity index (χ1) is 10.0. The molecule has 2 N–H and O–H groups in total. The van der Waals surface area contributed by atoms with Crippen LogP contribution in [0.15, 0.2) is 18.2 Å². The van der Waals surface area contributed by atoms with Gasteiger partial charge in [0.05, 0.1) is 14.2 Å². The zero-order valence-electron chi connectivity index (χ0n) is 12.5. The number of amides is 1. The molecule has 116 valence electrons. The van der Waals surface area contributed by atoms with Gasteiger partial charge >= 0.3 is 5.97 Å². The van der Waals surface area contributed by atoms with E-state index in [9.17, 15) is 9.59 Å². The molecular formula is C15H21NO5. The number of carbonyl (C=O) groups is 2. The predicted molar refractivity (Wildman–Crippen MR) is 78.0 cm³/mol. The molecule has 0 bridgehead atoms. The van der Waals surface area contributed by atoms with Crippen LogP contribution in [0.3, 0.4) is 0 Å². The number of rotatable bonds is 8. The monoisotopic (exact) mass is 295 g/mol. The van der Waals surface area contributed by atoms with Gasteiger partial charge in [-0.1, -0.05) is 19.8 Å². The molecule has 21 heavy (non-hydrogen) atoms. The molecule has 0 aromatic heterocycles. The largest absolute Gasteiger partial charge is 0.497 e. The predicted octanol–water partition coefficient (Wildman–Crippen LogP) is 2.08. The molecule has 0 radical (unpaired) electrons. The Morgan fingerprint density at radius 2 is 1.76 bits per heavy atom. The zero-order chi connectivity index (χ0) is 15.8. The molecule has 0 saturated carbocycles. The molecule has 1 amide bonds. The number of ether oxygens (including phenoxy) is 2. The minimum absolute atomic E-state index is 0.300. The number of aliphatic carboxylic acids is 1. The van der Waals surface area contributed by atoms with E-state index in [1.165, 1.54) is 26.4 Å². The normalized spacial score (nSPS) is 11.6. The van der Waals surface area contributed by atoms with E-state index in [1.54, 1.807) is 6.07 Å². The van der Waals surface area contributed by atoms with E-state index < -0.39 is 17.9 Å². The molecule has 1 atom stereocenters. The van der Waals surface area contributed by atoms with E-state index in [2.05, 4.69) is 5.32 Å². The molecule has 0 fully saturated rings. The van der Waals surface area contributed by atoms with Crippen LogP contribution >= 0.6 is 0 Å². The summed E-state index contributed by atoms with van der Waals surface area (Å²) < 4.78 is 10.2. The van der Waals surface area contributed by atoms with Gasteiger partial charge in [0.15, 0.2) is 0 Å². The van der Waals surface area contributed by atoms with Crippen molar-refractivity contribution in [3.8, 4) is 11.5 Å². The van der Waals surface area contributed by atoms with Crippen LogP contribution < -0.4 is 14.8 Å². The van der Waals surface area contributed by atoms with Gasteiger partial charge in [-0.3, -0.25) is 4.79 Å². The number of hydrogen-bond acceptors (Lipinski definition) is 4. The van der Waals surface area contributed by atoms with Crippen LogP contribution in [0.2, 0.25) is 0 Å². The van der Waals surface area contributed by atoms with Gasteiger partial charge in [0.25, 0.3) is 5.91 Å². The average Bonchev–Trinajstić information content (AvgIpc) is 2.50. The lowest BCUT2D eigenvalue weighted by Gasteiger charge is -2.15. The van der Waals surface area contributed by atoms with Crippen LogP contribution in [0.25, 0.3) is 0 Å². The Bertz CT molecular complexity index is 479. The van der Waals surface area contributed by atoms with Gasteiger partial charge in [-0.25, -0.2) is 4.79 Å². The fraction of sp³-hybridized carbons (Fsp3) is 0.467. The van der Waals surface area contributed by atoms with E-state index in [-0.39, 0.29) is 0 Å². The summed E-state index contributed by atoms with van der Waals surface area (Å²) in [7, 11) is 2.97. The van der Waals surface area contributed by atoms with Crippen molar-refractivity contribution in [2.45, 2.75) is 32.2 Å². The summed E-state index contributed by atoms with van der Waals surface area (Å²) in [4.78, 5) is 23.3. The first kappa shape index (κ1) is 16.8. The summed E-state index contributed by atoms with van der Waals surface area (Å²) in [5.41, 5.74) is 0.300. The van der Waals surface area contributed by atoms with Crippen LogP contribution in [-0.4, -0.2) is 37.2 Å². The number of methoxy groups -OCH3 is 2. The standard InChI is InChI=1S/C15H21NO5/c1-4-5-6-13(15(18)19)16-14(17)10-7-11(20-2)9-12(8-10)21-3/h7-9,13H,4-6H2,1-3H3,(H,16,17)(H,18,19). The van der Waals surface area contributed by atoms with Crippen LogP contribution in [0.4, 0.5) is 0 Å². The lowest BCUT2D eigenvalue weighted by molar-refractivity contribution is -0.139. The van der Waals surface area contributed by atoms with E-state index in [0.717, 1.165) is 12.8 Å². The molecule has 0 aliphatic carbocycles. The fourth-order valence-corrected chi connectivity index (χ4v) is 1.85. The second-order valence-corrected chi connectivity index (χ2v) is 4.61. The molecule has 0 spiro atoms. The van der Waals surface area contributed by atoms with Crippen LogP contribution in [0.5, 0.6) is 11.5 Å². The highest BCUT2D eigenvalue weighted by molar-refractivity contribution is 5.97. The molecule has 0 heterocycles. The highest BCUT2D eigenvalue weighted by Crippen LogP contribution is 2.22. The quantitative estimate of drug-likeness (QED) is 0.767. The van der Waals surface area contributed by atoms with Crippen molar-refractivity contribution in [1.29, 1.82) is 0 Å². The first-order valence-corrected chi connectivity index (χ1v) is 6.78. The van der Waals surface area contributed by atoms with Crippen molar-refractivity contribution in [3.63, 3.8) is 0 Å². The molecule has 0 saturated heterocycles. The Morgan fingerprint density at radius 3 is 2.19 bits per heavy atom. The first-order valence-electron chi connectivity index (χ1n) is 6.78. The van der Waals surface area contributed by atoms with Crippen molar-refractivity contribution in [2.24, 2.45) is 0 Å². The number of carboxylic acid groups (broad SMARTS) is 1. The summed E-state index contributed by atoms with van der Waals surface area (Å²) in [5.74, 6) is -0.553. The molecule has 1 rings (SSSR count). The van der Waals surface area contributed by atoms with Crippen LogP contribution in [0.1, 0.15) is 36.5 Å². The number of carbonyl (C=O) groups excluding carboxylic acids is 1. The molecule has 0 aliphatic rings. The Kier molecular flexibility index (Phi) is 6.52. The molecule has 1 unspecified atom stereocenters. The van der Waals surface area contributed by atoms with Gasteiger partial charge in [0.1, 0.15) is 17.5 Å². The third kappa shape index (κ3) is 4.98. The highest BCUT2D eigenvalue weighted by Gasteiger charge is 2.20. The summed E-state index contributed by atoms with van der Waals surface area (Å²) in [6.07, 6.45) is 2.00. The van der Waals surface area contributed by atoms with Crippen LogP contribution in [-0.2, 0) is 4.79 Å². The summed E-state index contributed by atoms with van der Waals surface area (Å²) >= 11 is 0. The van der Waals surface area contributed by atoms with Crippen molar-refractivity contribution < 1.29 is 24.2 Å². The number of unbranched alkanes of at least 4 members (excludes halogenated alkanes) is 1. The average molecular weight is 295 g/mol. The minimum Gasteiger partial charge on any atom is -0.497 e. The Hall–Kier alpha value is -2.24. The van der Waals surface area contributed by atoms with E-state index in [0.29, 0.717) is 23.5 Å². The number of carboxylic acids is 1. The maximum absolute atomic E-state index is 12.2. The highest BCUT2D eigenvalue weighted by atomic mass is 16.5. The third-order valence-electron chi connectivity index (χ3n) is 3.06. The molecular weight excluding hydrogens is 274 g/mol. The van der Waals surface area contributed by atoms with Crippen molar-refractivity contribution in [3.05, 3.63) is 23.8 Å². The Morgan fingerprint density at radius 1 is 1.19 bits per heavy atom. The second kappa shape index (κ2) is 8.14. The van der Waals surface area contributed by atoms with Gasteiger partial charge in [0, 0.05) is 11.6 Å². The lowest BCUT2D eigenvalue weighted by atomic mass is 10.1. The Labute approximate surface area is 124 Å². The molecule has 6 heteroatoms. The van der Waals surface area contributed by atoms with Gasteiger partial charge in [-0.05, 0) is 18.6 Å². The van der Waals surface area contributed by atoms with Gasteiger partial charge in [-0.2, -0.15) is 0 Å². The lowest BCUT2D eigenvalue weighted by Crippen LogP contribution is -2.40. The topological polar surface area (TPSA) is 84.9 Å². The maximum Gasteiger partial charge on any atom is 0.326 e. The SMILES string of the molecule is CCCCC(NC(=O)c1cc(OC)cc(OC)c1)C(=O)O. The summed E-state index contributed by atoms with van der Waals surface area (Å²) in [6, 6.07) is 3.82. The van der Waals surface area contributed by atoms with Crippen molar-refractivity contribution in [2.75, 3.05) is 14.2 Å². The molecule has 1 aromatic carbocycles. The smallest absolute Gasteiger partial charge is 0.326 e. The summed E-state index contributed by atoms with van der Waals surface area (Å²) in [6.45, 7) is 1.97. The van der Waals surface area contributed by atoms with Crippen molar-refractivity contribution in [1.82, 2.24) is 5.32 Å². The van der Waals surface area contributed by atoms with Crippen molar-refractivity contribution >= 4 is 11.9 Å². The van der Waals surface area contributed by atoms with Crippen LogP contribution in [0, 0.1) is 0 Å². The fourth-order valence-electron chi connectivity index (χ4n) is 1.85. The molecule has 6 nitrogen and oxygen atoms in total. The number of hydrogen-bond donors (Lipinski definition) is 2. The minimum atomic E-state index is -1.04. The zero-order valence-corrected chi connectivity index (χ0v) is 12.5. The van der Waals surface area contributed by atoms with E-state index in [1.807, 2.05) is 6.92 Å². The molecule has 0 aliphatic heterocycles. The van der Waals surface area contributed by atoms with Gasteiger partial charge < -0.3 is 19.9 Å². The maximum atomic E-state index is 12.2. The Balaban J connectivity index is 2.88. The molecule has 1 aromatic rings.